The molecule has 0 unspecified atom stereocenters. The fourth-order valence-electron chi connectivity index (χ4n) is 2.10. The van der Waals surface area contributed by atoms with Crippen LogP contribution >= 0.6 is 11.8 Å². The minimum absolute atomic E-state index is 0.681. The van der Waals surface area contributed by atoms with Crippen LogP contribution in [0, 0.1) is 17.2 Å². The Morgan fingerprint density at radius 3 is 2.89 bits per heavy atom. The molecule has 96 valence electrons. The smallest absolute Gasteiger partial charge is 0.121 e. The number of hydrogen-bond acceptors (Lipinski definition) is 4. The second-order valence-corrected chi connectivity index (χ2v) is 5.68. The van der Waals surface area contributed by atoms with E-state index in [1.165, 1.54) is 24.3 Å². The number of nitrogens with one attached hydrogen (secondary N) is 1. The average Bonchev–Trinajstić information content (AvgIpc) is 2.45. The Morgan fingerprint density at radius 2 is 2.22 bits per heavy atom. The van der Waals surface area contributed by atoms with Crippen molar-refractivity contribution in [2.75, 3.05) is 30.5 Å². The van der Waals surface area contributed by atoms with E-state index in [0.717, 1.165) is 23.9 Å². The fraction of sp³-hybridized carbons (Fsp3) is 0.500. The molecular weight excluding hydrogens is 244 g/mol. The van der Waals surface area contributed by atoms with Crippen LogP contribution in [0.5, 0.6) is 5.75 Å². The molecule has 1 heterocycles. The number of anilines is 1. The summed E-state index contributed by atoms with van der Waals surface area (Å²) in [5.74, 6) is 4.03. The Balaban J connectivity index is 2.00. The highest BCUT2D eigenvalue weighted by Gasteiger charge is 2.14. The molecule has 0 bridgehead atoms. The fourth-order valence-corrected chi connectivity index (χ4v) is 3.30. The third-order valence-electron chi connectivity index (χ3n) is 3.27. The van der Waals surface area contributed by atoms with E-state index in [4.69, 9.17) is 10.00 Å². The van der Waals surface area contributed by atoms with Crippen LogP contribution in [-0.4, -0.2) is 25.2 Å². The van der Waals surface area contributed by atoms with Crippen LogP contribution in [0.4, 0.5) is 5.69 Å². The van der Waals surface area contributed by atoms with E-state index in [9.17, 15) is 0 Å². The van der Waals surface area contributed by atoms with Gasteiger partial charge in [0.2, 0.25) is 0 Å². The van der Waals surface area contributed by atoms with E-state index in [-0.39, 0.29) is 0 Å². The molecule has 3 nitrogen and oxygen atoms in total. The quantitative estimate of drug-likeness (QED) is 0.905. The van der Waals surface area contributed by atoms with Crippen LogP contribution in [0.25, 0.3) is 0 Å². The predicted molar refractivity (Wildman–Crippen MR) is 76.2 cm³/mol. The Bertz CT molecular complexity index is 436. The van der Waals surface area contributed by atoms with Gasteiger partial charge in [-0.15, -0.1) is 0 Å². The van der Waals surface area contributed by atoms with Crippen molar-refractivity contribution < 1.29 is 4.74 Å². The summed E-state index contributed by atoms with van der Waals surface area (Å²) in [7, 11) is 1.64. The SMILES string of the molecule is COc1ccc(C#N)c(NCC2CCSCC2)c1. The minimum Gasteiger partial charge on any atom is -0.497 e. The Labute approximate surface area is 113 Å². The first-order chi connectivity index (χ1) is 8.83. The second kappa shape index (κ2) is 6.55. The minimum atomic E-state index is 0.681. The monoisotopic (exact) mass is 262 g/mol. The topological polar surface area (TPSA) is 45.0 Å². The summed E-state index contributed by atoms with van der Waals surface area (Å²) in [5.41, 5.74) is 1.57. The molecule has 1 fully saturated rings. The van der Waals surface area contributed by atoms with Gasteiger partial charge in [-0.3, -0.25) is 0 Å². The molecule has 2 rings (SSSR count). The highest BCUT2D eigenvalue weighted by Crippen LogP contribution is 2.25. The van der Waals surface area contributed by atoms with Crippen LogP contribution in [-0.2, 0) is 0 Å². The summed E-state index contributed by atoms with van der Waals surface area (Å²) in [6, 6.07) is 7.74. The lowest BCUT2D eigenvalue weighted by atomic mass is 10.0. The van der Waals surface area contributed by atoms with Gasteiger partial charge < -0.3 is 10.1 Å². The largest absolute Gasteiger partial charge is 0.497 e. The molecule has 0 spiro atoms. The highest BCUT2D eigenvalue weighted by atomic mass is 32.2. The molecule has 1 aliphatic heterocycles. The second-order valence-electron chi connectivity index (χ2n) is 4.46. The number of nitrogens with zero attached hydrogens (tertiary/aromatic N) is 1. The molecule has 18 heavy (non-hydrogen) atoms. The molecule has 0 radical (unpaired) electrons. The van der Waals surface area contributed by atoms with E-state index in [0.29, 0.717) is 5.56 Å². The van der Waals surface area contributed by atoms with Gasteiger partial charge in [-0.25, -0.2) is 0 Å². The molecule has 0 aliphatic carbocycles. The molecular formula is C14H18N2OS. The van der Waals surface area contributed by atoms with E-state index in [2.05, 4.69) is 11.4 Å². The zero-order chi connectivity index (χ0) is 12.8. The van der Waals surface area contributed by atoms with Gasteiger partial charge in [-0.1, -0.05) is 0 Å². The molecule has 1 aliphatic rings. The van der Waals surface area contributed by atoms with E-state index in [1.54, 1.807) is 13.2 Å². The number of rotatable bonds is 4. The number of nitriles is 1. The van der Waals surface area contributed by atoms with Gasteiger partial charge in [0.25, 0.3) is 0 Å². The third kappa shape index (κ3) is 3.33. The zero-order valence-electron chi connectivity index (χ0n) is 10.6. The molecule has 1 aromatic rings. The number of thioether (sulfide) groups is 1. The van der Waals surface area contributed by atoms with Gasteiger partial charge in [0, 0.05) is 12.6 Å². The van der Waals surface area contributed by atoms with Gasteiger partial charge in [0.05, 0.1) is 18.4 Å². The molecule has 1 aromatic carbocycles. The molecule has 0 atom stereocenters. The lowest BCUT2D eigenvalue weighted by Crippen LogP contribution is -2.19. The van der Waals surface area contributed by atoms with Crippen molar-refractivity contribution in [2.24, 2.45) is 5.92 Å². The Hall–Kier alpha value is -1.34. The lowest BCUT2D eigenvalue weighted by molar-refractivity contribution is 0.415. The predicted octanol–water partition coefficient (Wildman–Crippen LogP) is 3.12. The molecule has 0 aromatic heterocycles. The summed E-state index contributed by atoms with van der Waals surface area (Å²) in [4.78, 5) is 0. The van der Waals surface area contributed by atoms with Crippen LogP contribution < -0.4 is 10.1 Å². The summed E-state index contributed by atoms with van der Waals surface area (Å²) in [5, 5.41) is 12.5. The lowest BCUT2D eigenvalue weighted by Gasteiger charge is -2.22. The molecule has 4 heteroatoms. The van der Waals surface area contributed by atoms with Crippen molar-refractivity contribution in [1.82, 2.24) is 0 Å². The van der Waals surface area contributed by atoms with Crippen molar-refractivity contribution >= 4 is 17.4 Å². The van der Waals surface area contributed by atoms with Crippen LogP contribution in [0.3, 0.4) is 0 Å². The summed E-state index contributed by atoms with van der Waals surface area (Å²) in [6.45, 7) is 0.947. The van der Waals surface area contributed by atoms with Crippen LogP contribution in [0.15, 0.2) is 18.2 Å². The maximum Gasteiger partial charge on any atom is 0.121 e. The van der Waals surface area contributed by atoms with Crippen LogP contribution in [0.1, 0.15) is 18.4 Å². The standard InChI is InChI=1S/C14H18N2OS/c1-17-13-3-2-12(9-15)14(8-13)16-10-11-4-6-18-7-5-11/h2-3,8,11,16H,4-7,10H2,1H3. The van der Waals surface area contributed by atoms with Crippen LogP contribution in [0.2, 0.25) is 0 Å². The Morgan fingerprint density at radius 1 is 1.44 bits per heavy atom. The van der Waals surface area contributed by atoms with Crippen molar-refractivity contribution in [3.05, 3.63) is 23.8 Å². The van der Waals surface area contributed by atoms with Crippen molar-refractivity contribution in [3.8, 4) is 11.8 Å². The maximum absolute atomic E-state index is 9.08. The number of methoxy groups -OCH3 is 1. The van der Waals surface area contributed by atoms with Gasteiger partial charge in [-0.2, -0.15) is 17.0 Å². The molecule has 0 amide bonds. The third-order valence-corrected chi connectivity index (χ3v) is 4.32. The van der Waals surface area contributed by atoms with Gasteiger partial charge in [0.15, 0.2) is 0 Å². The molecule has 0 saturated carbocycles. The molecule has 1 saturated heterocycles. The van der Waals surface area contributed by atoms with Gasteiger partial charge >= 0.3 is 0 Å². The summed E-state index contributed by atoms with van der Waals surface area (Å²) >= 11 is 2.03. The van der Waals surface area contributed by atoms with E-state index >= 15 is 0 Å². The first-order valence-electron chi connectivity index (χ1n) is 6.23. The van der Waals surface area contributed by atoms with Gasteiger partial charge in [-0.05, 0) is 42.4 Å². The van der Waals surface area contributed by atoms with Crippen molar-refractivity contribution in [1.29, 1.82) is 5.26 Å². The van der Waals surface area contributed by atoms with E-state index < -0.39 is 0 Å². The summed E-state index contributed by atoms with van der Waals surface area (Å²) in [6.07, 6.45) is 2.53. The molecule has 1 N–H and O–H groups in total. The normalized spacial score (nSPS) is 16.0. The van der Waals surface area contributed by atoms with Gasteiger partial charge in [0.1, 0.15) is 11.8 Å². The van der Waals surface area contributed by atoms with E-state index in [1.807, 2.05) is 23.9 Å². The maximum atomic E-state index is 9.08. The summed E-state index contributed by atoms with van der Waals surface area (Å²) < 4.78 is 5.19. The number of hydrogen-bond donors (Lipinski definition) is 1. The first-order valence-corrected chi connectivity index (χ1v) is 7.38. The van der Waals surface area contributed by atoms with Crippen molar-refractivity contribution in [2.45, 2.75) is 12.8 Å². The number of ether oxygens (including phenoxy) is 1. The number of benzene rings is 1. The highest BCUT2D eigenvalue weighted by molar-refractivity contribution is 7.99. The first kappa shape index (κ1) is 13.1. The average molecular weight is 262 g/mol. The van der Waals surface area contributed by atoms with Crippen molar-refractivity contribution in [3.63, 3.8) is 0 Å². The Kier molecular flexibility index (Phi) is 4.77. The zero-order valence-corrected chi connectivity index (χ0v) is 11.4.